The molecule has 0 aliphatic rings. The third kappa shape index (κ3) is 2.64. The Balaban J connectivity index is 2.21. The first kappa shape index (κ1) is 10.3. The number of rotatable bonds is 3. The van der Waals surface area contributed by atoms with Crippen molar-refractivity contribution in [2.24, 2.45) is 0 Å². The largest absolute Gasteiger partial charge is 0.393 e. The van der Waals surface area contributed by atoms with Gasteiger partial charge in [-0.2, -0.15) is 0 Å². The maximum absolute atomic E-state index is 9.26. The topological polar surface area (TPSA) is 33.1 Å². The average molecular weight is 219 g/mol. The summed E-state index contributed by atoms with van der Waals surface area (Å²) in [4.78, 5) is 5.48. The van der Waals surface area contributed by atoms with Crippen molar-refractivity contribution in [3.05, 3.63) is 41.4 Å². The Bertz CT molecular complexity index is 422. The number of aromatic nitrogens is 1. The third-order valence-corrected chi connectivity index (χ3v) is 3.14. The Morgan fingerprint density at radius 1 is 1.33 bits per heavy atom. The van der Waals surface area contributed by atoms with Gasteiger partial charge in [0.1, 0.15) is 5.01 Å². The quantitative estimate of drug-likeness (QED) is 0.861. The van der Waals surface area contributed by atoms with Crippen LogP contribution in [-0.2, 0) is 6.42 Å². The summed E-state index contributed by atoms with van der Waals surface area (Å²) in [6, 6.07) is 10.1. The van der Waals surface area contributed by atoms with Crippen molar-refractivity contribution in [3.63, 3.8) is 0 Å². The Hall–Kier alpha value is -1.19. The molecule has 2 rings (SSSR count). The summed E-state index contributed by atoms with van der Waals surface area (Å²) in [6.07, 6.45) is 2.23. The lowest BCUT2D eigenvalue weighted by molar-refractivity contribution is 0.196. The molecule has 1 N–H and O–H groups in total. The molecule has 0 spiro atoms. The van der Waals surface area contributed by atoms with Crippen molar-refractivity contribution in [1.29, 1.82) is 0 Å². The Morgan fingerprint density at radius 3 is 2.73 bits per heavy atom. The molecule has 0 bridgehead atoms. The molecule has 0 aliphatic carbocycles. The van der Waals surface area contributed by atoms with Crippen LogP contribution in [0.3, 0.4) is 0 Å². The predicted octanol–water partition coefficient (Wildman–Crippen LogP) is 2.73. The summed E-state index contributed by atoms with van der Waals surface area (Å²) in [5.74, 6) is 0. The molecule has 0 amide bonds. The molecule has 0 aliphatic heterocycles. The molecule has 1 atom stereocenters. The Kier molecular flexibility index (Phi) is 3.14. The summed E-state index contributed by atoms with van der Waals surface area (Å²) < 4.78 is 0. The second kappa shape index (κ2) is 4.55. The van der Waals surface area contributed by atoms with Gasteiger partial charge in [0.05, 0.1) is 6.10 Å². The molecule has 2 aromatic rings. The van der Waals surface area contributed by atoms with Crippen LogP contribution >= 0.6 is 11.3 Å². The van der Waals surface area contributed by atoms with Crippen molar-refractivity contribution in [3.8, 4) is 10.6 Å². The molecular formula is C12H13NOS. The average Bonchev–Trinajstić information content (AvgIpc) is 2.67. The highest BCUT2D eigenvalue weighted by molar-refractivity contribution is 7.15. The number of benzene rings is 1. The lowest BCUT2D eigenvalue weighted by Crippen LogP contribution is -2.01. The van der Waals surface area contributed by atoms with Crippen LogP contribution in [0.25, 0.3) is 10.6 Å². The van der Waals surface area contributed by atoms with Gasteiger partial charge in [0.15, 0.2) is 0 Å². The van der Waals surface area contributed by atoms with Crippen molar-refractivity contribution < 1.29 is 5.11 Å². The lowest BCUT2D eigenvalue weighted by atomic mass is 10.2. The van der Waals surface area contributed by atoms with Crippen molar-refractivity contribution >= 4 is 11.3 Å². The summed E-state index contributed by atoms with van der Waals surface area (Å²) in [5.41, 5.74) is 1.14. The third-order valence-electron chi connectivity index (χ3n) is 2.07. The van der Waals surface area contributed by atoms with Gasteiger partial charge >= 0.3 is 0 Å². The van der Waals surface area contributed by atoms with Crippen molar-refractivity contribution in [2.45, 2.75) is 19.4 Å². The second-order valence-electron chi connectivity index (χ2n) is 3.55. The van der Waals surface area contributed by atoms with E-state index in [0.717, 1.165) is 15.4 Å². The van der Waals surface area contributed by atoms with Gasteiger partial charge in [-0.3, -0.25) is 0 Å². The van der Waals surface area contributed by atoms with Gasteiger partial charge in [0, 0.05) is 23.1 Å². The summed E-state index contributed by atoms with van der Waals surface area (Å²) in [6.45, 7) is 1.79. The highest BCUT2D eigenvalue weighted by Gasteiger charge is 2.05. The first-order valence-electron chi connectivity index (χ1n) is 4.94. The molecule has 0 saturated heterocycles. The Labute approximate surface area is 93.2 Å². The van der Waals surface area contributed by atoms with Crippen LogP contribution in [0.4, 0.5) is 0 Å². The second-order valence-corrected chi connectivity index (χ2v) is 4.67. The minimum absolute atomic E-state index is 0.297. The highest BCUT2D eigenvalue weighted by Crippen LogP contribution is 2.25. The van der Waals surface area contributed by atoms with Crippen molar-refractivity contribution in [2.75, 3.05) is 0 Å². The fourth-order valence-electron chi connectivity index (χ4n) is 1.41. The molecule has 1 heterocycles. The summed E-state index contributed by atoms with van der Waals surface area (Å²) in [5, 5.41) is 10.3. The smallest absolute Gasteiger partial charge is 0.123 e. The SMILES string of the molecule is CC(O)Cc1cnc(-c2ccccc2)s1. The first-order valence-corrected chi connectivity index (χ1v) is 5.75. The molecule has 78 valence electrons. The minimum Gasteiger partial charge on any atom is -0.393 e. The van der Waals surface area contributed by atoms with Gasteiger partial charge in [-0.05, 0) is 6.92 Å². The van der Waals surface area contributed by atoms with Crippen LogP contribution in [0.15, 0.2) is 36.5 Å². The van der Waals surface area contributed by atoms with E-state index in [1.165, 1.54) is 0 Å². The summed E-state index contributed by atoms with van der Waals surface area (Å²) in [7, 11) is 0. The number of hydrogen-bond donors (Lipinski definition) is 1. The maximum atomic E-state index is 9.26. The van der Waals surface area contributed by atoms with E-state index in [4.69, 9.17) is 0 Å². The van der Waals surface area contributed by atoms with Crippen LogP contribution in [0.2, 0.25) is 0 Å². The normalized spacial score (nSPS) is 12.7. The molecule has 1 unspecified atom stereocenters. The van der Waals surface area contributed by atoms with Gasteiger partial charge in [0.2, 0.25) is 0 Å². The fourth-order valence-corrected chi connectivity index (χ4v) is 2.44. The zero-order chi connectivity index (χ0) is 10.7. The number of aliphatic hydroxyl groups excluding tert-OH is 1. The van der Waals surface area contributed by atoms with E-state index in [0.29, 0.717) is 6.42 Å². The van der Waals surface area contributed by atoms with Gasteiger partial charge < -0.3 is 5.11 Å². The first-order chi connectivity index (χ1) is 7.25. The molecule has 1 aromatic carbocycles. The fraction of sp³-hybridized carbons (Fsp3) is 0.250. The van der Waals surface area contributed by atoms with Crippen molar-refractivity contribution in [1.82, 2.24) is 4.98 Å². The van der Waals surface area contributed by atoms with E-state index in [1.54, 1.807) is 18.3 Å². The van der Waals surface area contributed by atoms with E-state index >= 15 is 0 Å². The predicted molar refractivity (Wildman–Crippen MR) is 62.9 cm³/mol. The molecule has 0 fully saturated rings. The molecular weight excluding hydrogens is 206 g/mol. The molecule has 0 saturated carbocycles. The molecule has 15 heavy (non-hydrogen) atoms. The van der Waals surface area contributed by atoms with Crippen LogP contribution in [0, 0.1) is 0 Å². The monoisotopic (exact) mass is 219 g/mol. The maximum Gasteiger partial charge on any atom is 0.123 e. The van der Waals surface area contributed by atoms with E-state index in [9.17, 15) is 5.11 Å². The van der Waals surface area contributed by atoms with Gasteiger partial charge in [-0.15, -0.1) is 11.3 Å². The van der Waals surface area contributed by atoms with Crippen LogP contribution in [0.1, 0.15) is 11.8 Å². The molecule has 0 radical (unpaired) electrons. The molecule has 3 heteroatoms. The van der Waals surface area contributed by atoms with E-state index in [1.807, 2.05) is 36.5 Å². The standard InChI is InChI=1S/C12H13NOS/c1-9(14)7-11-8-13-12(15-11)10-5-3-2-4-6-10/h2-6,8-9,14H,7H2,1H3. The van der Waals surface area contributed by atoms with E-state index in [2.05, 4.69) is 4.98 Å². The van der Waals surface area contributed by atoms with Gasteiger partial charge in [-0.25, -0.2) is 4.98 Å². The number of aliphatic hydroxyl groups is 1. The summed E-state index contributed by atoms with van der Waals surface area (Å²) >= 11 is 1.64. The van der Waals surface area contributed by atoms with Gasteiger partial charge in [0.25, 0.3) is 0 Å². The number of hydrogen-bond acceptors (Lipinski definition) is 3. The van der Waals surface area contributed by atoms with Crippen LogP contribution < -0.4 is 0 Å². The molecule has 2 nitrogen and oxygen atoms in total. The minimum atomic E-state index is -0.297. The van der Waals surface area contributed by atoms with E-state index < -0.39 is 0 Å². The highest BCUT2D eigenvalue weighted by atomic mass is 32.1. The zero-order valence-electron chi connectivity index (χ0n) is 8.55. The van der Waals surface area contributed by atoms with E-state index in [-0.39, 0.29) is 6.10 Å². The Morgan fingerprint density at radius 2 is 2.07 bits per heavy atom. The zero-order valence-corrected chi connectivity index (χ0v) is 9.37. The molecule has 1 aromatic heterocycles. The van der Waals surface area contributed by atoms with Crippen LogP contribution in [-0.4, -0.2) is 16.2 Å². The number of nitrogens with zero attached hydrogens (tertiary/aromatic N) is 1. The number of thiazole rings is 1. The van der Waals surface area contributed by atoms with Gasteiger partial charge in [-0.1, -0.05) is 30.3 Å². The van der Waals surface area contributed by atoms with Crippen LogP contribution in [0.5, 0.6) is 0 Å². The lowest BCUT2D eigenvalue weighted by Gasteiger charge is -1.98.